The fraction of sp³-hybridized carbons (Fsp3) is 0.174. The summed E-state index contributed by atoms with van der Waals surface area (Å²) in [5.41, 5.74) is 2.17. The number of rotatable bonds is 3. The number of hydrogen-bond donors (Lipinski definition) is 1. The van der Waals surface area contributed by atoms with Gasteiger partial charge in [-0.05, 0) is 37.6 Å². The van der Waals surface area contributed by atoms with Gasteiger partial charge in [0.25, 0.3) is 5.91 Å². The van der Waals surface area contributed by atoms with Gasteiger partial charge in [-0.15, -0.1) is 0 Å². The van der Waals surface area contributed by atoms with E-state index in [1.807, 2.05) is 30.3 Å². The lowest BCUT2D eigenvalue weighted by Gasteiger charge is -2.13. The summed E-state index contributed by atoms with van der Waals surface area (Å²) in [4.78, 5) is 17.8. The molecule has 1 amide bonds. The predicted molar refractivity (Wildman–Crippen MR) is 113 cm³/mol. The number of alkyl halides is 3. The Labute approximate surface area is 176 Å². The Balaban J connectivity index is 1.81. The number of aromatic nitrogens is 3. The summed E-state index contributed by atoms with van der Waals surface area (Å²) in [7, 11) is 1.73. The molecule has 0 aliphatic heterocycles. The van der Waals surface area contributed by atoms with Crippen LogP contribution in [-0.4, -0.2) is 20.7 Å². The van der Waals surface area contributed by atoms with Gasteiger partial charge in [-0.1, -0.05) is 36.4 Å². The lowest BCUT2D eigenvalue weighted by atomic mass is 10.0. The first-order chi connectivity index (χ1) is 14.6. The Morgan fingerprint density at radius 2 is 1.74 bits per heavy atom. The first-order valence-electron chi connectivity index (χ1n) is 9.54. The number of pyridine rings is 1. The maximum absolute atomic E-state index is 13.3. The third-order valence-electron chi connectivity index (χ3n) is 5.08. The van der Waals surface area contributed by atoms with Crippen LogP contribution >= 0.6 is 0 Å². The highest BCUT2D eigenvalue weighted by Gasteiger charge is 2.32. The van der Waals surface area contributed by atoms with Gasteiger partial charge in [-0.3, -0.25) is 9.48 Å². The average Bonchev–Trinajstić information content (AvgIpc) is 3.02. The average molecular weight is 424 g/mol. The number of aryl methyl sites for hydroxylation is 3. The predicted octanol–water partition coefficient (Wildman–Crippen LogP) is 5.52. The van der Waals surface area contributed by atoms with Crippen LogP contribution in [0, 0.1) is 13.8 Å². The number of carbonyl (C=O) groups excluding carboxylic acids is 1. The molecule has 0 saturated carbocycles. The normalized spacial score (nSPS) is 11.7. The maximum atomic E-state index is 13.3. The highest BCUT2D eigenvalue weighted by molar-refractivity contribution is 6.13. The molecule has 4 rings (SSSR count). The Kier molecular flexibility index (Phi) is 5.00. The smallest absolute Gasteiger partial charge is 0.322 e. The fourth-order valence-corrected chi connectivity index (χ4v) is 3.58. The third-order valence-corrected chi connectivity index (χ3v) is 5.08. The minimum Gasteiger partial charge on any atom is -0.322 e. The largest absolute Gasteiger partial charge is 0.416 e. The fourth-order valence-electron chi connectivity index (χ4n) is 3.58. The highest BCUT2D eigenvalue weighted by atomic mass is 19.4. The van der Waals surface area contributed by atoms with Gasteiger partial charge in [0.1, 0.15) is 0 Å². The van der Waals surface area contributed by atoms with Crippen molar-refractivity contribution in [3.05, 3.63) is 77.0 Å². The number of carbonyl (C=O) groups is 1. The van der Waals surface area contributed by atoms with Crippen molar-refractivity contribution in [2.45, 2.75) is 20.0 Å². The van der Waals surface area contributed by atoms with Crippen LogP contribution < -0.4 is 5.32 Å². The molecule has 0 bridgehead atoms. The molecule has 1 N–H and O–H groups in total. The second kappa shape index (κ2) is 7.54. The summed E-state index contributed by atoms with van der Waals surface area (Å²) >= 11 is 0. The van der Waals surface area contributed by atoms with Crippen molar-refractivity contribution in [2.24, 2.45) is 7.05 Å². The van der Waals surface area contributed by atoms with E-state index in [4.69, 9.17) is 0 Å². The van der Waals surface area contributed by atoms with E-state index >= 15 is 0 Å². The summed E-state index contributed by atoms with van der Waals surface area (Å²) in [6.45, 7) is 3.14. The van der Waals surface area contributed by atoms with Crippen LogP contribution in [-0.2, 0) is 13.2 Å². The molecule has 8 heteroatoms. The molecule has 0 radical (unpaired) electrons. The zero-order valence-electron chi connectivity index (χ0n) is 17.1. The molecule has 0 unspecified atom stereocenters. The zero-order valence-corrected chi connectivity index (χ0v) is 17.1. The topological polar surface area (TPSA) is 59.8 Å². The van der Waals surface area contributed by atoms with Gasteiger partial charge >= 0.3 is 6.18 Å². The molecule has 5 nitrogen and oxygen atoms in total. The molecule has 2 aromatic heterocycles. The van der Waals surface area contributed by atoms with Crippen molar-refractivity contribution in [2.75, 3.05) is 5.32 Å². The van der Waals surface area contributed by atoms with Gasteiger partial charge in [-0.2, -0.15) is 18.3 Å². The SMILES string of the molecule is Cc1ccc(NC(=O)c2cc(-c3ccccc3)nc3c2c(C)nn3C)cc1C(F)(F)F. The second-order valence-electron chi connectivity index (χ2n) is 7.31. The zero-order chi connectivity index (χ0) is 22.3. The Bertz CT molecular complexity index is 1290. The van der Waals surface area contributed by atoms with Crippen LogP contribution in [0.1, 0.15) is 27.2 Å². The number of halogens is 3. The van der Waals surface area contributed by atoms with E-state index in [1.165, 1.54) is 19.1 Å². The number of amides is 1. The third kappa shape index (κ3) is 3.88. The van der Waals surface area contributed by atoms with E-state index in [0.717, 1.165) is 11.6 Å². The number of nitrogens with zero attached hydrogens (tertiary/aromatic N) is 3. The van der Waals surface area contributed by atoms with Crippen LogP contribution in [0.25, 0.3) is 22.3 Å². The van der Waals surface area contributed by atoms with Crippen molar-refractivity contribution >= 4 is 22.6 Å². The van der Waals surface area contributed by atoms with Crippen molar-refractivity contribution in [3.63, 3.8) is 0 Å². The van der Waals surface area contributed by atoms with Crippen molar-refractivity contribution < 1.29 is 18.0 Å². The van der Waals surface area contributed by atoms with Gasteiger partial charge in [0.05, 0.1) is 27.9 Å². The summed E-state index contributed by atoms with van der Waals surface area (Å²) in [5.74, 6) is -0.530. The van der Waals surface area contributed by atoms with Gasteiger partial charge in [0.2, 0.25) is 0 Å². The van der Waals surface area contributed by atoms with Crippen LogP contribution in [0.2, 0.25) is 0 Å². The molecule has 0 aliphatic rings. The van der Waals surface area contributed by atoms with E-state index in [9.17, 15) is 18.0 Å². The molecule has 0 fully saturated rings. The first kappa shape index (κ1) is 20.6. The molecule has 0 saturated heterocycles. The molecular formula is C23H19F3N4O. The lowest BCUT2D eigenvalue weighted by Crippen LogP contribution is -2.15. The molecule has 2 aromatic carbocycles. The molecule has 4 aromatic rings. The Morgan fingerprint density at radius 1 is 1.03 bits per heavy atom. The molecule has 2 heterocycles. The first-order valence-corrected chi connectivity index (χ1v) is 9.54. The molecule has 0 atom stereocenters. The Hall–Kier alpha value is -3.68. The van der Waals surface area contributed by atoms with Crippen molar-refractivity contribution in [3.8, 4) is 11.3 Å². The van der Waals surface area contributed by atoms with Crippen LogP contribution in [0.3, 0.4) is 0 Å². The minimum atomic E-state index is -4.50. The molecule has 0 aliphatic carbocycles. The van der Waals surface area contributed by atoms with Crippen molar-refractivity contribution in [1.29, 1.82) is 0 Å². The number of nitrogens with one attached hydrogen (secondary N) is 1. The summed E-state index contributed by atoms with van der Waals surface area (Å²) in [5, 5.41) is 7.52. The van der Waals surface area contributed by atoms with Crippen molar-refractivity contribution in [1.82, 2.24) is 14.8 Å². The maximum Gasteiger partial charge on any atom is 0.416 e. The highest BCUT2D eigenvalue weighted by Crippen LogP contribution is 2.34. The monoisotopic (exact) mass is 424 g/mol. The Morgan fingerprint density at radius 3 is 2.42 bits per heavy atom. The van der Waals surface area contributed by atoms with Crippen LogP contribution in [0.4, 0.5) is 18.9 Å². The molecule has 31 heavy (non-hydrogen) atoms. The van der Waals surface area contributed by atoms with Gasteiger partial charge < -0.3 is 5.32 Å². The number of anilines is 1. The van der Waals surface area contributed by atoms with Crippen LogP contribution in [0.15, 0.2) is 54.6 Å². The molecule has 0 spiro atoms. The van der Waals surface area contributed by atoms with E-state index in [-0.39, 0.29) is 11.3 Å². The van der Waals surface area contributed by atoms with Gasteiger partial charge in [0.15, 0.2) is 5.65 Å². The quantitative estimate of drug-likeness (QED) is 0.471. The van der Waals surface area contributed by atoms with Crippen LogP contribution in [0.5, 0.6) is 0 Å². The van der Waals surface area contributed by atoms with E-state index < -0.39 is 17.6 Å². The number of fused-ring (bicyclic) bond motifs is 1. The lowest BCUT2D eigenvalue weighted by molar-refractivity contribution is -0.138. The molecular weight excluding hydrogens is 405 g/mol. The van der Waals surface area contributed by atoms with E-state index in [2.05, 4.69) is 15.4 Å². The van der Waals surface area contributed by atoms with E-state index in [0.29, 0.717) is 28.0 Å². The standard InChI is InChI=1S/C23H19F3N4O/c1-13-9-10-16(11-18(13)23(24,25)26)27-22(31)17-12-19(15-7-5-4-6-8-15)28-21-20(17)14(2)29-30(21)3/h4-12H,1-3H3,(H,27,31). The second-order valence-corrected chi connectivity index (χ2v) is 7.31. The van der Waals surface area contributed by atoms with E-state index in [1.54, 1.807) is 24.7 Å². The minimum absolute atomic E-state index is 0.0655. The molecule has 158 valence electrons. The van der Waals surface area contributed by atoms with Gasteiger partial charge in [-0.25, -0.2) is 4.98 Å². The summed E-state index contributed by atoms with van der Waals surface area (Å²) in [6.07, 6.45) is -4.50. The number of hydrogen-bond acceptors (Lipinski definition) is 3. The summed E-state index contributed by atoms with van der Waals surface area (Å²) in [6, 6.07) is 14.7. The van der Waals surface area contributed by atoms with Gasteiger partial charge in [0, 0.05) is 18.3 Å². The number of benzene rings is 2. The summed E-state index contributed by atoms with van der Waals surface area (Å²) < 4.78 is 41.4.